The number of carboxylic acids is 1. The summed E-state index contributed by atoms with van der Waals surface area (Å²) in [5.74, 6) is 0.0730. The van der Waals surface area contributed by atoms with Crippen LogP contribution in [0.1, 0.15) is 29.2 Å². The zero-order valence-electron chi connectivity index (χ0n) is 10.4. The standard InChI is InChI=1S/C11H18N2O2S2/c1-4-13(5-2)6-7-16-11-12-8(3)9(17-11)10(14)15/h4-7H2,1-3H3,(H,14,15). The van der Waals surface area contributed by atoms with Crippen LogP contribution in [0.2, 0.25) is 0 Å². The Bertz CT molecular complexity index is 376. The summed E-state index contributed by atoms with van der Waals surface area (Å²) in [6.45, 7) is 9.14. The highest BCUT2D eigenvalue weighted by molar-refractivity contribution is 8.01. The van der Waals surface area contributed by atoms with Crippen molar-refractivity contribution < 1.29 is 9.90 Å². The van der Waals surface area contributed by atoms with Gasteiger partial charge >= 0.3 is 5.97 Å². The second kappa shape index (κ2) is 6.98. The first-order chi connectivity index (χ1) is 8.08. The highest BCUT2D eigenvalue weighted by Crippen LogP contribution is 2.27. The molecule has 1 N–H and O–H groups in total. The first-order valence-corrected chi connectivity index (χ1v) is 7.44. The van der Waals surface area contributed by atoms with Crippen LogP contribution in [0.5, 0.6) is 0 Å². The number of aromatic nitrogens is 1. The molecule has 0 amide bonds. The van der Waals surface area contributed by atoms with Crippen molar-refractivity contribution >= 4 is 29.1 Å². The van der Waals surface area contributed by atoms with Crippen molar-refractivity contribution in [3.63, 3.8) is 0 Å². The average Bonchev–Trinajstić information content (AvgIpc) is 2.66. The quantitative estimate of drug-likeness (QED) is 0.775. The minimum Gasteiger partial charge on any atom is -0.477 e. The predicted molar refractivity (Wildman–Crippen MR) is 72.3 cm³/mol. The van der Waals surface area contributed by atoms with E-state index >= 15 is 0 Å². The number of aryl methyl sites for hydroxylation is 1. The molecule has 0 unspecified atom stereocenters. The van der Waals surface area contributed by atoms with E-state index in [2.05, 4.69) is 23.7 Å². The van der Waals surface area contributed by atoms with E-state index in [9.17, 15) is 4.79 Å². The van der Waals surface area contributed by atoms with Crippen molar-refractivity contribution in [1.29, 1.82) is 0 Å². The zero-order valence-corrected chi connectivity index (χ0v) is 12.0. The van der Waals surface area contributed by atoms with E-state index in [0.717, 1.165) is 29.7 Å². The lowest BCUT2D eigenvalue weighted by Crippen LogP contribution is -2.25. The van der Waals surface area contributed by atoms with Crippen molar-refractivity contribution in [2.45, 2.75) is 25.1 Å². The van der Waals surface area contributed by atoms with Gasteiger partial charge in [-0.25, -0.2) is 9.78 Å². The molecule has 17 heavy (non-hydrogen) atoms. The van der Waals surface area contributed by atoms with Crippen molar-refractivity contribution in [2.24, 2.45) is 0 Å². The molecular formula is C11H18N2O2S2. The number of nitrogens with zero attached hydrogens (tertiary/aromatic N) is 2. The summed E-state index contributed by atoms with van der Waals surface area (Å²) >= 11 is 2.90. The Kier molecular flexibility index (Phi) is 5.94. The van der Waals surface area contributed by atoms with Crippen LogP contribution >= 0.6 is 23.1 Å². The summed E-state index contributed by atoms with van der Waals surface area (Å²) in [6, 6.07) is 0. The molecule has 0 aliphatic rings. The van der Waals surface area contributed by atoms with Gasteiger partial charge in [-0.1, -0.05) is 25.6 Å². The molecule has 1 heterocycles. The smallest absolute Gasteiger partial charge is 0.347 e. The largest absolute Gasteiger partial charge is 0.477 e. The summed E-state index contributed by atoms with van der Waals surface area (Å²) in [6.07, 6.45) is 0. The van der Waals surface area contributed by atoms with Crippen LogP contribution in [-0.2, 0) is 0 Å². The first-order valence-electron chi connectivity index (χ1n) is 5.64. The van der Waals surface area contributed by atoms with Crippen molar-refractivity contribution in [3.05, 3.63) is 10.6 Å². The van der Waals surface area contributed by atoms with Crippen molar-refractivity contribution in [2.75, 3.05) is 25.4 Å². The number of thiazole rings is 1. The molecular weight excluding hydrogens is 256 g/mol. The van der Waals surface area contributed by atoms with Gasteiger partial charge in [-0.3, -0.25) is 0 Å². The third kappa shape index (κ3) is 4.29. The highest BCUT2D eigenvalue weighted by atomic mass is 32.2. The van der Waals surface area contributed by atoms with Gasteiger partial charge in [0.15, 0.2) is 4.34 Å². The minimum absolute atomic E-state index is 0.357. The summed E-state index contributed by atoms with van der Waals surface area (Å²) in [5.41, 5.74) is 0.618. The van der Waals surface area contributed by atoms with Gasteiger partial charge in [0.1, 0.15) is 4.88 Å². The van der Waals surface area contributed by atoms with E-state index in [1.165, 1.54) is 11.3 Å². The second-order valence-corrected chi connectivity index (χ2v) is 5.92. The van der Waals surface area contributed by atoms with Gasteiger partial charge in [-0.2, -0.15) is 0 Å². The minimum atomic E-state index is -0.879. The number of carbonyl (C=O) groups is 1. The molecule has 1 rings (SSSR count). The topological polar surface area (TPSA) is 53.4 Å². The Labute approximate surface area is 110 Å². The maximum atomic E-state index is 10.9. The van der Waals surface area contributed by atoms with Gasteiger partial charge < -0.3 is 10.0 Å². The van der Waals surface area contributed by atoms with Gasteiger partial charge in [0.2, 0.25) is 0 Å². The fourth-order valence-corrected chi connectivity index (χ4v) is 3.53. The third-order valence-electron chi connectivity index (χ3n) is 2.50. The van der Waals surface area contributed by atoms with Crippen LogP contribution in [-0.4, -0.2) is 46.3 Å². The molecule has 0 fully saturated rings. The molecule has 0 aromatic carbocycles. The molecule has 0 bridgehead atoms. The first kappa shape index (κ1) is 14.5. The van der Waals surface area contributed by atoms with E-state index in [1.807, 2.05) is 0 Å². The van der Waals surface area contributed by atoms with Gasteiger partial charge in [-0.05, 0) is 20.0 Å². The van der Waals surface area contributed by atoms with Crippen LogP contribution in [0.3, 0.4) is 0 Å². The molecule has 6 heteroatoms. The SMILES string of the molecule is CCN(CC)CCSc1nc(C)c(C(=O)O)s1. The van der Waals surface area contributed by atoms with Crippen molar-refractivity contribution in [3.8, 4) is 0 Å². The van der Waals surface area contributed by atoms with Crippen LogP contribution in [0.4, 0.5) is 0 Å². The van der Waals surface area contributed by atoms with E-state index in [-0.39, 0.29) is 0 Å². The summed E-state index contributed by atoms with van der Waals surface area (Å²) < 4.78 is 0.854. The number of rotatable bonds is 7. The molecule has 0 saturated heterocycles. The molecule has 4 nitrogen and oxygen atoms in total. The van der Waals surface area contributed by atoms with Gasteiger partial charge in [0.05, 0.1) is 5.69 Å². The molecule has 1 aromatic heterocycles. The van der Waals surface area contributed by atoms with Gasteiger partial charge in [-0.15, -0.1) is 11.3 Å². The molecule has 1 aromatic rings. The van der Waals surface area contributed by atoms with Crippen LogP contribution in [0.25, 0.3) is 0 Å². The maximum Gasteiger partial charge on any atom is 0.347 e. The number of thioether (sulfide) groups is 1. The van der Waals surface area contributed by atoms with E-state index in [1.54, 1.807) is 18.7 Å². The lowest BCUT2D eigenvalue weighted by Gasteiger charge is -2.16. The number of carboxylic acid groups (broad SMARTS) is 1. The van der Waals surface area contributed by atoms with Gasteiger partial charge in [0, 0.05) is 12.3 Å². The number of hydrogen-bond acceptors (Lipinski definition) is 5. The Morgan fingerprint density at radius 2 is 2.12 bits per heavy atom. The molecule has 96 valence electrons. The van der Waals surface area contributed by atoms with Crippen molar-refractivity contribution in [1.82, 2.24) is 9.88 Å². The Morgan fingerprint density at radius 3 is 2.59 bits per heavy atom. The van der Waals surface area contributed by atoms with Crippen LogP contribution < -0.4 is 0 Å². The summed E-state index contributed by atoms with van der Waals surface area (Å²) in [4.78, 5) is 17.8. The average molecular weight is 274 g/mol. The maximum absolute atomic E-state index is 10.9. The molecule has 0 spiro atoms. The Balaban J connectivity index is 2.47. The third-order valence-corrected chi connectivity index (χ3v) is 4.77. The molecule has 0 aliphatic carbocycles. The lowest BCUT2D eigenvalue weighted by molar-refractivity contribution is 0.0701. The predicted octanol–water partition coefficient (Wildman–Crippen LogP) is 2.58. The van der Waals surface area contributed by atoms with Gasteiger partial charge in [0.25, 0.3) is 0 Å². The molecule has 0 atom stereocenters. The zero-order chi connectivity index (χ0) is 12.8. The number of aromatic carboxylic acids is 1. The molecule has 0 saturated carbocycles. The van der Waals surface area contributed by atoms with E-state index < -0.39 is 5.97 Å². The molecule has 0 aliphatic heterocycles. The normalized spacial score (nSPS) is 11.1. The summed E-state index contributed by atoms with van der Waals surface area (Å²) in [7, 11) is 0. The lowest BCUT2D eigenvalue weighted by atomic mass is 10.4. The Hall–Kier alpha value is -0.590. The summed E-state index contributed by atoms with van der Waals surface area (Å²) in [5, 5.41) is 8.92. The van der Waals surface area contributed by atoms with E-state index in [0.29, 0.717) is 10.6 Å². The highest BCUT2D eigenvalue weighted by Gasteiger charge is 2.14. The number of hydrogen-bond donors (Lipinski definition) is 1. The molecule has 0 radical (unpaired) electrons. The van der Waals surface area contributed by atoms with E-state index in [4.69, 9.17) is 5.11 Å². The fraction of sp³-hybridized carbons (Fsp3) is 0.636. The fourth-order valence-electron chi connectivity index (χ4n) is 1.43. The monoisotopic (exact) mass is 274 g/mol. The second-order valence-electron chi connectivity index (χ2n) is 3.57. The van der Waals surface area contributed by atoms with Crippen LogP contribution in [0, 0.1) is 6.92 Å². The van der Waals surface area contributed by atoms with Crippen LogP contribution in [0.15, 0.2) is 4.34 Å². The Morgan fingerprint density at radius 1 is 1.47 bits per heavy atom.